The van der Waals surface area contributed by atoms with Crippen LogP contribution in [0.15, 0.2) is 78.9 Å². The first-order valence-electron chi connectivity index (χ1n) is 13.7. The van der Waals surface area contributed by atoms with Gasteiger partial charge in [-0.1, -0.05) is 67.8 Å². The second-order valence-corrected chi connectivity index (χ2v) is 10.3. The van der Waals surface area contributed by atoms with Gasteiger partial charge in [0.15, 0.2) is 0 Å². The van der Waals surface area contributed by atoms with E-state index in [1.165, 1.54) is 42.8 Å². The predicted octanol–water partition coefficient (Wildman–Crippen LogP) is 6.86. The van der Waals surface area contributed by atoms with E-state index in [4.69, 9.17) is 4.74 Å². The van der Waals surface area contributed by atoms with E-state index < -0.39 is 5.97 Å². The number of amides is 1. The van der Waals surface area contributed by atoms with Crippen LogP contribution in [-0.4, -0.2) is 32.1 Å². The van der Waals surface area contributed by atoms with E-state index in [0.29, 0.717) is 6.54 Å². The average molecular weight is 509 g/mol. The lowest BCUT2D eigenvalue weighted by atomic mass is 9.88. The SMILES string of the molecule is COC(=O)/C=C/c1cccc(N(Cc2ccc(-c3ccc(N4CCC4)cc3)cc2)C(=O)C2CCCCC2)c1. The maximum Gasteiger partial charge on any atom is 0.330 e. The second kappa shape index (κ2) is 12.1. The molecule has 5 heteroatoms. The van der Waals surface area contributed by atoms with Gasteiger partial charge in [0.1, 0.15) is 0 Å². The molecule has 196 valence electrons. The normalized spacial score (nSPS) is 15.8. The quantitative estimate of drug-likeness (QED) is 0.246. The number of rotatable bonds is 8. The van der Waals surface area contributed by atoms with Crippen LogP contribution in [0.3, 0.4) is 0 Å². The van der Waals surface area contributed by atoms with Gasteiger partial charge in [-0.3, -0.25) is 4.79 Å². The molecule has 3 aromatic rings. The Kier molecular flexibility index (Phi) is 8.22. The lowest BCUT2D eigenvalue weighted by Gasteiger charge is -2.33. The summed E-state index contributed by atoms with van der Waals surface area (Å²) in [6, 6.07) is 25.1. The second-order valence-electron chi connectivity index (χ2n) is 10.3. The molecule has 1 aliphatic carbocycles. The highest BCUT2D eigenvalue weighted by molar-refractivity contribution is 5.95. The molecule has 5 rings (SSSR count). The third-order valence-electron chi connectivity index (χ3n) is 7.73. The summed E-state index contributed by atoms with van der Waals surface area (Å²) in [5.74, 6) is -0.160. The number of ether oxygens (including phenoxy) is 1. The molecule has 0 aromatic heterocycles. The zero-order valence-corrected chi connectivity index (χ0v) is 22.1. The number of hydrogen-bond donors (Lipinski definition) is 0. The number of hydrogen-bond acceptors (Lipinski definition) is 4. The first kappa shape index (κ1) is 25.8. The Balaban J connectivity index is 1.36. The Bertz CT molecular complexity index is 1270. The number of esters is 1. The van der Waals surface area contributed by atoms with Gasteiger partial charge in [-0.05, 0) is 71.9 Å². The van der Waals surface area contributed by atoms with Crippen molar-refractivity contribution in [3.63, 3.8) is 0 Å². The van der Waals surface area contributed by atoms with E-state index >= 15 is 0 Å². The highest BCUT2D eigenvalue weighted by Gasteiger charge is 2.27. The van der Waals surface area contributed by atoms with E-state index in [0.717, 1.165) is 55.6 Å². The minimum atomic E-state index is -0.402. The summed E-state index contributed by atoms with van der Waals surface area (Å²) in [5, 5.41) is 0. The molecule has 2 fully saturated rings. The summed E-state index contributed by atoms with van der Waals surface area (Å²) in [6.45, 7) is 2.80. The lowest BCUT2D eigenvalue weighted by molar-refractivity contribution is -0.134. The third-order valence-corrected chi connectivity index (χ3v) is 7.73. The molecule has 0 spiro atoms. The van der Waals surface area contributed by atoms with Crippen LogP contribution in [0.5, 0.6) is 0 Å². The molecule has 0 atom stereocenters. The monoisotopic (exact) mass is 508 g/mol. The maximum atomic E-state index is 13.8. The van der Waals surface area contributed by atoms with Crippen LogP contribution in [0.1, 0.15) is 49.7 Å². The van der Waals surface area contributed by atoms with Gasteiger partial charge in [-0.15, -0.1) is 0 Å². The molecular weight excluding hydrogens is 472 g/mol. The Morgan fingerprint density at radius 1 is 0.895 bits per heavy atom. The van der Waals surface area contributed by atoms with Gasteiger partial charge >= 0.3 is 5.97 Å². The predicted molar refractivity (Wildman–Crippen MR) is 154 cm³/mol. The fourth-order valence-corrected chi connectivity index (χ4v) is 5.32. The lowest BCUT2D eigenvalue weighted by Crippen LogP contribution is -2.36. The molecule has 1 heterocycles. The van der Waals surface area contributed by atoms with Gasteiger partial charge in [0.2, 0.25) is 5.91 Å². The van der Waals surface area contributed by atoms with Gasteiger partial charge < -0.3 is 14.5 Å². The Labute approximate surface area is 225 Å². The van der Waals surface area contributed by atoms with Gasteiger partial charge in [0.05, 0.1) is 13.7 Å². The van der Waals surface area contributed by atoms with Crippen LogP contribution in [0.4, 0.5) is 11.4 Å². The minimum Gasteiger partial charge on any atom is -0.466 e. The Morgan fingerprint density at radius 3 is 2.21 bits per heavy atom. The zero-order valence-electron chi connectivity index (χ0n) is 22.1. The van der Waals surface area contributed by atoms with Crippen molar-refractivity contribution in [2.24, 2.45) is 5.92 Å². The highest BCUT2D eigenvalue weighted by atomic mass is 16.5. The minimum absolute atomic E-state index is 0.0576. The summed E-state index contributed by atoms with van der Waals surface area (Å²) < 4.78 is 4.72. The van der Waals surface area contributed by atoms with Crippen molar-refractivity contribution < 1.29 is 14.3 Å². The van der Waals surface area contributed by atoms with E-state index in [9.17, 15) is 9.59 Å². The first-order chi connectivity index (χ1) is 18.6. The molecule has 1 aliphatic heterocycles. The molecule has 1 saturated carbocycles. The summed E-state index contributed by atoms with van der Waals surface area (Å²) in [5.41, 5.74) is 6.44. The zero-order chi connectivity index (χ0) is 26.3. The average Bonchev–Trinajstić information content (AvgIpc) is 2.95. The number of carbonyl (C=O) groups excluding carboxylic acids is 2. The highest BCUT2D eigenvalue weighted by Crippen LogP contribution is 2.30. The van der Waals surface area contributed by atoms with Crippen LogP contribution in [0.2, 0.25) is 0 Å². The molecule has 0 bridgehead atoms. The van der Waals surface area contributed by atoms with Crippen LogP contribution >= 0.6 is 0 Å². The van der Waals surface area contributed by atoms with Crippen LogP contribution in [0, 0.1) is 5.92 Å². The van der Waals surface area contributed by atoms with Crippen molar-refractivity contribution in [1.82, 2.24) is 0 Å². The molecule has 0 radical (unpaired) electrons. The fraction of sp³-hybridized carbons (Fsp3) is 0.333. The first-order valence-corrected chi connectivity index (χ1v) is 13.7. The molecule has 1 amide bonds. The van der Waals surface area contributed by atoms with Crippen molar-refractivity contribution in [2.45, 2.75) is 45.1 Å². The number of methoxy groups -OCH3 is 1. The van der Waals surface area contributed by atoms with Crippen molar-refractivity contribution in [2.75, 3.05) is 30.0 Å². The molecule has 5 nitrogen and oxygen atoms in total. The van der Waals surface area contributed by atoms with E-state index in [1.807, 2.05) is 29.2 Å². The number of anilines is 2. The van der Waals surface area contributed by atoms with Crippen molar-refractivity contribution in [1.29, 1.82) is 0 Å². The molecular formula is C33H36N2O3. The summed E-state index contributed by atoms with van der Waals surface area (Å²) in [4.78, 5) is 29.7. The summed E-state index contributed by atoms with van der Waals surface area (Å²) in [7, 11) is 1.36. The standard InChI is InChI=1S/C33H36N2O3/c1-38-32(36)20-13-25-7-5-10-31(23-25)35(33(37)29-8-3-2-4-9-29)24-26-11-14-27(15-12-26)28-16-18-30(19-17-28)34-21-6-22-34/h5,7,10-20,23,29H,2-4,6,8-9,21-22,24H2,1H3/b20-13+. The molecule has 38 heavy (non-hydrogen) atoms. The van der Waals surface area contributed by atoms with Gasteiger partial charge in [0.25, 0.3) is 0 Å². The van der Waals surface area contributed by atoms with Crippen LogP contribution < -0.4 is 9.80 Å². The summed E-state index contributed by atoms with van der Waals surface area (Å²) >= 11 is 0. The van der Waals surface area contributed by atoms with Crippen molar-refractivity contribution >= 4 is 29.3 Å². The maximum absolute atomic E-state index is 13.8. The molecule has 1 saturated heterocycles. The Morgan fingerprint density at radius 2 is 1.58 bits per heavy atom. The van der Waals surface area contributed by atoms with Gasteiger partial charge in [-0.25, -0.2) is 4.79 Å². The van der Waals surface area contributed by atoms with E-state index in [-0.39, 0.29) is 11.8 Å². The van der Waals surface area contributed by atoms with Crippen LogP contribution in [-0.2, 0) is 20.9 Å². The molecule has 0 unspecified atom stereocenters. The number of benzene rings is 3. The summed E-state index contributed by atoms with van der Waals surface area (Å²) in [6.07, 6.45) is 9.72. The number of nitrogens with zero attached hydrogens (tertiary/aromatic N) is 2. The van der Waals surface area contributed by atoms with Crippen molar-refractivity contribution in [3.05, 3.63) is 90.0 Å². The molecule has 2 aliphatic rings. The largest absolute Gasteiger partial charge is 0.466 e. The number of carbonyl (C=O) groups is 2. The fourth-order valence-electron chi connectivity index (χ4n) is 5.32. The van der Waals surface area contributed by atoms with Crippen molar-refractivity contribution in [3.8, 4) is 11.1 Å². The van der Waals surface area contributed by atoms with Gasteiger partial charge in [-0.2, -0.15) is 0 Å². The van der Waals surface area contributed by atoms with Gasteiger partial charge in [0, 0.05) is 36.5 Å². The Hall–Kier alpha value is -3.86. The molecule has 3 aromatic carbocycles. The van der Waals surface area contributed by atoms with E-state index in [1.54, 1.807) is 6.08 Å². The topological polar surface area (TPSA) is 49.9 Å². The van der Waals surface area contributed by atoms with E-state index in [2.05, 4.69) is 53.4 Å². The molecule has 0 N–H and O–H groups in total. The third kappa shape index (κ3) is 6.16. The smallest absolute Gasteiger partial charge is 0.330 e. The van der Waals surface area contributed by atoms with Crippen LogP contribution in [0.25, 0.3) is 17.2 Å².